The summed E-state index contributed by atoms with van der Waals surface area (Å²) in [5.74, 6) is -1.19. The van der Waals surface area contributed by atoms with Gasteiger partial charge < -0.3 is 9.47 Å². The largest absolute Gasteiger partial charge is 0.457 e. The summed E-state index contributed by atoms with van der Waals surface area (Å²) in [6, 6.07) is 22.6. The average molecular weight is 623 g/mol. The lowest BCUT2D eigenvalue weighted by Crippen LogP contribution is -2.01. The van der Waals surface area contributed by atoms with Crippen LogP contribution in [-0.2, 0) is 19.1 Å². The Morgan fingerprint density at radius 3 is 1.82 bits per heavy atom. The summed E-state index contributed by atoms with van der Waals surface area (Å²) in [6.45, 7) is 6.33. The van der Waals surface area contributed by atoms with Crippen LogP contribution in [0.2, 0.25) is 0 Å². The molecule has 0 unspecified atom stereocenters. The number of rotatable bonds is 7. The predicted octanol–water partition coefficient (Wildman–Crippen LogP) is 8.80. The van der Waals surface area contributed by atoms with Crippen LogP contribution in [0.4, 0.5) is 4.39 Å². The van der Waals surface area contributed by atoms with Crippen LogP contribution in [0.3, 0.4) is 0 Å². The third-order valence-electron chi connectivity index (χ3n) is 8.16. The molecule has 4 aromatic carbocycles. The quantitative estimate of drug-likeness (QED) is 0.152. The second kappa shape index (κ2) is 12.1. The van der Waals surface area contributed by atoms with Crippen molar-refractivity contribution >= 4 is 57.8 Å². The van der Waals surface area contributed by atoms with E-state index >= 15 is 4.39 Å². The minimum atomic E-state index is -0.423. The summed E-state index contributed by atoms with van der Waals surface area (Å²) in [7, 11) is 0. The first kappa shape index (κ1) is 30.0. The van der Waals surface area contributed by atoms with Crippen LogP contribution in [0, 0.1) is 26.6 Å². The topological polar surface area (TPSA) is 52.6 Å². The highest BCUT2D eigenvalue weighted by Gasteiger charge is 2.30. The summed E-state index contributed by atoms with van der Waals surface area (Å²) in [4.78, 5) is 28.1. The second-order valence-electron chi connectivity index (χ2n) is 11.0. The maximum atomic E-state index is 15.8. The van der Waals surface area contributed by atoms with E-state index in [2.05, 4.69) is 12.1 Å². The van der Waals surface area contributed by atoms with Gasteiger partial charge in [0.1, 0.15) is 19.0 Å². The third-order valence-corrected chi connectivity index (χ3v) is 10.0. The number of esters is 2. The average Bonchev–Trinajstić information content (AvgIpc) is 3.59. The van der Waals surface area contributed by atoms with E-state index in [1.807, 2.05) is 75.7 Å². The minimum absolute atomic E-state index is 0.138. The van der Waals surface area contributed by atoms with Crippen molar-refractivity contribution in [3.05, 3.63) is 118 Å². The van der Waals surface area contributed by atoms with Gasteiger partial charge in [-0.1, -0.05) is 54.1 Å². The first-order valence-corrected chi connectivity index (χ1v) is 16.7. The van der Waals surface area contributed by atoms with Crippen molar-refractivity contribution in [3.63, 3.8) is 0 Å². The molecular weight excluding hydrogens is 592 g/mol. The van der Waals surface area contributed by atoms with Gasteiger partial charge in [0.2, 0.25) is 0 Å². The van der Waals surface area contributed by atoms with E-state index in [0.717, 1.165) is 49.4 Å². The molecule has 0 radical (unpaired) electrons. The zero-order valence-electron chi connectivity index (χ0n) is 25.2. The molecular formula is C37H31FO4S2. The van der Waals surface area contributed by atoms with Gasteiger partial charge in [-0.3, -0.25) is 0 Å². The Kier molecular flexibility index (Phi) is 8.27. The smallest absolute Gasteiger partial charge is 0.339 e. The molecule has 0 bridgehead atoms. The van der Waals surface area contributed by atoms with Gasteiger partial charge in [0.05, 0.1) is 11.1 Å². The maximum absolute atomic E-state index is 15.8. The molecule has 0 amide bonds. The lowest BCUT2D eigenvalue weighted by Gasteiger charge is -2.16. The van der Waals surface area contributed by atoms with Crippen molar-refractivity contribution in [1.29, 1.82) is 0 Å². The van der Waals surface area contributed by atoms with Crippen LogP contribution in [0.25, 0.3) is 33.4 Å². The lowest BCUT2D eigenvalue weighted by atomic mass is 9.90. The van der Waals surface area contributed by atoms with E-state index in [1.165, 1.54) is 22.7 Å². The minimum Gasteiger partial charge on any atom is -0.457 e. The van der Waals surface area contributed by atoms with Crippen LogP contribution in [-0.4, -0.2) is 37.7 Å². The Morgan fingerprint density at radius 1 is 0.614 bits per heavy atom. The summed E-state index contributed by atoms with van der Waals surface area (Å²) >= 11 is 3.20. The molecule has 0 atom stereocenters. The number of benzene rings is 4. The highest BCUT2D eigenvalue weighted by molar-refractivity contribution is 7.99. The van der Waals surface area contributed by atoms with Gasteiger partial charge in [-0.2, -0.15) is 0 Å². The maximum Gasteiger partial charge on any atom is 0.339 e. The number of hydrogen-bond acceptors (Lipinski definition) is 6. The molecule has 0 aliphatic carbocycles. The number of carbonyl (C=O) groups is 2. The highest BCUT2D eigenvalue weighted by Crippen LogP contribution is 2.42. The van der Waals surface area contributed by atoms with Crippen molar-refractivity contribution in [3.8, 4) is 11.1 Å². The summed E-state index contributed by atoms with van der Waals surface area (Å²) in [5, 5.41) is 0. The SMILES string of the molecule is CSc1ccc(C2=C(c3ccc(F)c(-c4cc(C5=C(c6ccc(C)cc6)C(=O)OC5)cc(C)c4SC)c3)C(=O)OC2)cc1C. The fourth-order valence-corrected chi connectivity index (χ4v) is 7.30. The second-order valence-corrected chi connectivity index (χ2v) is 12.6. The molecule has 0 saturated heterocycles. The number of cyclic esters (lactones) is 2. The summed E-state index contributed by atoms with van der Waals surface area (Å²) in [5.41, 5.74) is 9.84. The molecule has 0 aromatic heterocycles. The van der Waals surface area contributed by atoms with Gasteiger partial charge in [-0.15, -0.1) is 23.5 Å². The number of thioether (sulfide) groups is 2. The van der Waals surface area contributed by atoms with Crippen LogP contribution < -0.4 is 0 Å². The number of aryl methyl sites for hydroxylation is 3. The van der Waals surface area contributed by atoms with Gasteiger partial charge in [0.25, 0.3) is 0 Å². The zero-order chi connectivity index (χ0) is 31.1. The standard InChI is InChI=1S/C37H31FO4S2/c1-20-6-8-23(9-7-20)33-30(19-42-36(33)39)26-15-22(3)35(44-5)28(17-26)27-16-25(10-12-31(27)38)34-29(18-41-37(34)40)24-11-13-32(43-4)21(2)14-24/h6-17H,18-19H2,1-5H3. The first-order chi connectivity index (χ1) is 21.2. The molecule has 4 aromatic rings. The molecule has 44 heavy (non-hydrogen) atoms. The van der Waals surface area contributed by atoms with E-state index < -0.39 is 11.8 Å². The van der Waals surface area contributed by atoms with Crippen molar-refractivity contribution in [1.82, 2.24) is 0 Å². The monoisotopic (exact) mass is 622 g/mol. The molecule has 0 N–H and O–H groups in total. The molecule has 4 nitrogen and oxygen atoms in total. The Hall–Kier alpha value is -4.07. The fourth-order valence-electron chi connectivity index (χ4n) is 5.94. The van der Waals surface area contributed by atoms with E-state index in [0.29, 0.717) is 27.8 Å². The fraction of sp³-hybridized carbons (Fsp3) is 0.189. The Bertz CT molecular complexity index is 1900. The molecule has 2 aliphatic rings. The molecule has 7 heteroatoms. The number of halogens is 1. The van der Waals surface area contributed by atoms with E-state index in [9.17, 15) is 9.59 Å². The number of ether oxygens (including phenoxy) is 2. The number of carbonyl (C=O) groups excluding carboxylic acids is 2. The van der Waals surface area contributed by atoms with Crippen molar-refractivity contribution < 1.29 is 23.5 Å². The van der Waals surface area contributed by atoms with E-state index in [1.54, 1.807) is 23.9 Å². The lowest BCUT2D eigenvalue weighted by molar-refractivity contribution is -0.134. The van der Waals surface area contributed by atoms with Crippen LogP contribution in [0.15, 0.2) is 82.6 Å². The Labute approximate surface area is 265 Å². The molecule has 2 heterocycles. The Morgan fingerprint density at radius 2 is 1.18 bits per heavy atom. The van der Waals surface area contributed by atoms with Crippen molar-refractivity contribution in [2.24, 2.45) is 0 Å². The van der Waals surface area contributed by atoms with Gasteiger partial charge in [-0.25, -0.2) is 14.0 Å². The van der Waals surface area contributed by atoms with Crippen LogP contribution in [0.1, 0.15) is 38.9 Å². The van der Waals surface area contributed by atoms with Crippen molar-refractivity contribution in [2.75, 3.05) is 25.7 Å². The van der Waals surface area contributed by atoms with E-state index in [-0.39, 0.29) is 19.2 Å². The van der Waals surface area contributed by atoms with Gasteiger partial charge in [0, 0.05) is 26.5 Å². The zero-order valence-corrected chi connectivity index (χ0v) is 26.8. The predicted molar refractivity (Wildman–Crippen MR) is 178 cm³/mol. The first-order valence-electron chi connectivity index (χ1n) is 14.2. The van der Waals surface area contributed by atoms with Crippen molar-refractivity contribution in [2.45, 2.75) is 30.6 Å². The number of hydrogen-bond donors (Lipinski definition) is 0. The highest BCUT2D eigenvalue weighted by atomic mass is 32.2. The normalized spacial score (nSPS) is 14.9. The molecule has 0 fully saturated rings. The molecule has 6 rings (SSSR count). The molecule has 2 aliphatic heterocycles. The summed E-state index contributed by atoms with van der Waals surface area (Å²) < 4.78 is 26.8. The van der Waals surface area contributed by atoms with Crippen LogP contribution >= 0.6 is 23.5 Å². The Balaban J connectivity index is 1.51. The van der Waals surface area contributed by atoms with Gasteiger partial charge in [0.15, 0.2) is 0 Å². The third kappa shape index (κ3) is 5.39. The van der Waals surface area contributed by atoms with Gasteiger partial charge in [-0.05, 0) is 96.5 Å². The molecule has 0 saturated carbocycles. The molecule has 222 valence electrons. The molecule has 0 spiro atoms. The summed E-state index contributed by atoms with van der Waals surface area (Å²) in [6.07, 6.45) is 3.99. The van der Waals surface area contributed by atoms with E-state index in [4.69, 9.17) is 9.47 Å². The van der Waals surface area contributed by atoms with Crippen LogP contribution in [0.5, 0.6) is 0 Å². The van der Waals surface area contributed by atoms with Gasteiger partial charge >= 0.3 is 11.9 Å².